The molecule has 5 heteroatoms. The molecule has 5 nitrogen and oxygen atoms in total. The molecule has 1 aromatic carbocycles. The smallest absolute Gasteiger partial charge is 0.242 e. The molecule has 1 aliphatic heterocycles. The topological polar surface area (TPSA) is 43.9 Å². The highest BCUT2D eigenvalue weighted by molar-refractivity contribution is 5.84. The molecular weight excluding hydrogens is 290 g/mol. The van der Waals surface area contributed by atoms with Crippen molar-refractivity contribution in [3.63, 3.8) is 0 Å². The molecule has 0 spiro atoms. The third kappa shape index (κ3) is 4.55. The van der Waals surface area contributed by atoms with Crippen molar-refractivity contribution in [1.82, 2.24) is 14.7 Å². The summed E-state index contributed by atoms with van der Waals surface area (Å²) < 4.78 is 0. The van der Waals surface area contributed by atoms with E-state index in [0.717, 1.165) is 38.3 Å². The largest absolute Gasteiger partial charge is 0.339 e. The summed E-state index contributed by atoms with van der Waals surface area (Å²) in [5.41, 5.74) is 1.05. The molecule has 1 heterocycles. The van der Waals surface area contributed by atoms with Gasteiger partial charge in [0.15, 0.2) is 0 Å². The van der Waals surface area contributed by atoms with E-state index in [1.54, 1.807) is 4.90 Å². The Morgan fingerprint density at radius 2 is 1.74 bits per heavy atom. The first-order chi connectivity index (χ1) is 11.0. The van der Waals surface area contributed by atoms with Crippen molar-refractivity contribution >= 4 is 11.8 Å². The lowest BCUT2D eigenvalue weighted by molar-refractivity contribution is -0.142. The Labute approximate surface area is 138 Å². The third-order valence-electron chi connectivity index (χ3n) is 4.63. The van der Waals surface area contributed by atoms with E-state index in [1.807, 2.05) is 42.2 Å². The molecule has 0 radical (unpaired) electrons. The number of likely N-dealkylation sites (N-methyl/N-ethyl adjacent to an activating group) is 1. The maximum atomic E-state index is 12.6. The predicted molar refractivity (Wildman–Crippen MR) is 90.9 cm³/mol. The van der Waals surface area contributed by atoms with Gasteiger partial charge < -0.3 is 14.7 Å². The molecule has 126 valence electrons. The molecule has 1 atom stereocenters. The fraction of sp³-hybridized carbons (Fsp3) is 0.556. The van der Waals surface area contributed by atoms with E-state index in [9.17, 15) is 9.59 Å². The van der Waals surface area contributed by atoms with Crippen molar-refractivity contribution in [2.24, 2.45) is 0 Å². The van der Waals surface area contributed by atoms with E-state index in [-0.39, 0.29) is 24.4 Å². The first kappa shape index (κ1) is 17.5. The molecule has 0 aliphatic carbocycles. The summed E-state index contributed by atoms with van der Waals surface area (Å²) in [5.74, 6) is -0.0272. The van der Waals surface area contributed by atoms with E-state index >= 15 is 0 Å². The minimum atomic E-state index is -0.102. The van der Waals surface area contributed by atoms with E-state index in [4.69, 9.17) is 0 Å². The van der Waals surface area contributed by atoms with Crippen molar-refractivity contribution in [1.29, 1.82) is 0 Å². The van der Waals surface area contributed by atoms with Crippen LogP contribution in [0, 0.1) is 0 Å². The average molecular weight is 317 g/mol. The van der Waals surface area contributed by atoms with Crippen LogP contribution in [0.1, 0.15) is 32.4 Å². The second-order valence-electron chi connectivity index (χ2n) is 6.05. The Bertz CT molecular complexity index is 524. The van der Waals surface area contributed by atoms with Crippen LogP contribution >= 0.6 is 0 Å². The highest BCUT2D eigenvalue weighted by atomic mass is 16.2. The lowest BCUT2D eigenvalue weighted by atomic mass is 10.1. The molecule has 0 saturated carbocycles. The van der Waals surface area contributed by atoms with Gasteiger partial charge in [-0.3, -0.25) is 9.59 Å². The highest BCUT2D eigenvalue weighted by Gasteiger charge is 2.26. The molecule has 1 unspecified atom stereocenters. The summed E-state index contributed by atoms with van der Waals surface area (Å²) in [6.07, 6.45) is 0. The monoisotopic (exact) mass is 317 g/mol. The van der Waals surface area contributed by atoms with Gasteiger partial charge in [0.05, 0.1) is 6.04 Å². The summed E-state index contributed by atoms with van der Waals surface area (Å²) in [5, 5.41) is 0. The number of nitrogens with zero attached hydrogens (tertiary/aromatic N) is 3. The molecular formula is C18H27N3O2. The molecule has 1 fully saturated rings. The number of carbonyl (C=O) groups is 2. The summed E-state index contributed by atoms with van der Waals surface area (Å²) in [6.45, 7) is 10.1. The van der Waals surface area contributed by atoms with Gasteiger partial charge in [-0.2, -0.15) is 0 Å². The number of hydrogen-bond donors (Lipinski definition) is 0. The quantitative estimate of drug-likeness (QED) is 0.831. The molecule has 0 aromatic heterocycles. The lowest BCUT2D eigenvalue weighted by Gasteiger charge is -2.36. The van der Waals surface area contributed by atoms with Crippen molar-refractivity contribution in [2.45, 2.75) is 26.8 Å². The Morgan fingerprint density at radius 3 is 2.26 bits per heavy atom. The highest BCUT2D eigenvalue weighted by Crippen LogP contribution is 2.20. The van der Waals surface area contributed by atoms with Crippen molar-refractivity contribution in [3.8, 4) is 0 Å². The van der Waals surface area contributed by atoms with Crippen molar-refractivity contribution < 1.29 is 9.59 Å². The van der Waals surface area contributed by atoms with E-state index in [0.29, 0.717) is 0 Å². The van der Waals surface area contributed by atoms with Gasteiger partial charge >= 0.3 is 0 Å². The number of piperazine rings is 1. The van der Waals surface area contributed by atoms with Gasteiger partial charge in [0.1, 0.15) is 6.54 Å². The summed E-state index contributed by atoms with van der Waals surface area (Å²) >= 11 is 0. The van der Waals surface area contributed by atoms with Crippen LogP contribution in [-0.2, 0) is 9.59 Å². The summed E-state index contributed by atoms with van der Waals surface area (Å²) in [6, 6.07) is 9.74. The minimum absolute atomic E-state index is 0.0405. The SMILES string of the molecule is CCN1CCN(C(=O)CN(C(C)=O)C(C)c2ccccc2)CC1. The molecule has 1 aromatic rings. The Hall–Kier alpha value is -1.88. The maximum absolute atomic E-state index is 12.6. The van der Waals surface area contributed by atoms with Crippen LogP contribution in [0.5, 0.6) is 0 Å². The fourth-order valence-corrected chi connectivity index (χ4v) is 2.99. The van der Waals surface area contributed by atoms with Crippen molar-refractivity contribution in [3.05, 3.63) is 35.9 Å². The zero-order chi connectivity index (χ0) is 16.8. The van der Waals surface area contributed by atoms with Crippen LogP contribution in [0.2, 0.25) is 0 Å². The summed E-state index contributed by atoms with van der Waals surface area (Å²) in [4.78, 5) is 30.4. The van der Waals surface area contributed by atoms with Crippen LogP contribution in [0.25, 0.3) is 0 Å². The van der Waals surface area contributed by atoms with Crippen LogP contribution in [-0.4, -0.2) is 65.8 Å². The number of carbonyl (C=O) groups excluding carboxylic acids is 2. The van der Waals surface area contributed by atoms with Gasteiger partial charge in [-0.1, -0.05) is 37.3 Å². The number of amides is 2. The average Bonchev–Trinajstić information content (AvgIpc) is 2.59. The Morgan fingerprint density at radius 1 is 1.13 bits per heavy atom. The van der Waals surface area contributed by atoms with Gasteiger partial charge in [-0.05, 0) is 19.0 Å². The first-order valence-corrected chi connectivity index (χ1v) is 8.35. The molecule has 1 aliphatic rings. The minimum Gasteiger partial charge on any atom is -0.339 e. The number of hydrogen-bond acceptors (Lipinski definition) is 3. The normalized spacial score (nSPS) is 16.9. The first-order valence-electron chi connectivity index (χ1n) is 8.35. The standard InChI is InChI=1S/C18H27N3O2/c1-4-19-10-12-20(13-11-19)18(23)14-21(16(3)22)15(2)17-8-6-5-7-9-17/h5-9,15H,4,10-14H2,1-3H3. The molecule has 2 rings (SSSR count). The van der Waals surface area contributed by atoms with Crippen LogP contribution in [0.15, 0.2) is 30.3 Å². The lowest BCUT2D eigenvalue weighted by Crippen LogP contribution is -2.51. The van der Waals surface area contributed by atoms with Gasteiger partial charge in [0, 0.05) is 33.1 Å². The van der Waals surface area contributed by atoms with Gasteiger partial charge in [-0.25, -0.2) is 0 Å². The number of benzene rings is 1. The maximum Gasteiger partial charge on any atom is 0.242 e. The van der Waals surface area contributed by atoms with Crippen LogP contribution < -0.4 is 0 Å². The van der Waals surface area contributed by atoms with E-state index in [1.165, 1.54) is 6.92 Å². The molecule has 1 saturated heterocycles. The third-order valence-corrected chi connectivity index (χ3v) is 4.63. The molecule has 2 amide bonds. The number of rotatable bonds is 5. The molecule has 23 heavy (non-hydrogen) atoms. The van der Waals surface area contributed by atoms with E-state index in [2.05, 4.69) is 11.8 Å². The second-order valence-corrected chi connectivity index (χ2v) is 6.05. The molecule has 0 N–H and O–H groups in total. The van der Waals surface area contributed by atoms with Crippen molar-refractivity contribution in [2.75, 3.05) is 39.3 Å². The zero-order valence-electron chi connectivity index (χ0n) is 14.4. The Balaban J connectivity index is 1.99. The predicted octanol–water partition coefficient (Wildman–Crippen LogP) is 1.76. The van der Waals surface area contributed by atoms with Gasteiger partial charge in [0.25, 0.3) is 0 Å². The van der Waals surface area contributed by atoms with E-state index < -0.39 is 0 Å². The fourth-order valence-electron chi connectivity index (χ4n) is 2.99. The van der Waals surface area contributed by atoms with Gasteiger partial charge in [0.2, 0.25) is 11.8 Å². The van der Waals surface area contributed by atoms with Crippen LogP contribution in [0.3, 0.4) is 0 Å². The zero-order valence-corrected chi connectivity index (χ0v) is 14.4. The molecule has 0 bridgehead atoms. The van der Waals surface area contributed by atoms with Gasteiger partial charge in [-0.15, -0.1) is 0 Å². The van der Waals surface area contributed by atoms with Crippen LogP contribution in [0.4, 0.5) is 0 Å². The summed E-state index contributed by atoms with van der Waals surface area (Å²) in [7, 11) is 0. The Kier molecular flexibility index (Phi) is 6.16. The second kappa shape index (κ2) is 8.11.